The number of fused-ring (bicyclic) bond motifs is 3. The number of hydrogen-bond donors (Lipinski definition) is 0. The number of benzene rings is 2. The maximum Gasteiger partial charge on any atom is 0.279 e. The molecule has 0 N–H and O–H groups in total. The van der Waals surface area contributed by atoms with Crippen molar-refractivity contribution in [2.24, 2.45) is 0 Å². The molecule has 142 valence electrons. The van der Waals surface area contributed by atoms with Crippen LogP contribution < -0.4 is 4.90 Å². The molecule has 2 aromatic heterocycles. The second-order valence-corrected chi connectivity index (χ2v) is 8.15. The normalized spacial score (nSPS) is 12.6. The number of anilines is 2. The van der Waals surface area contributed by atoms with Crippen LogP contribution in [0.1, 0.15) is 33.5 Å². The number of aromatic nitrogens is 1. The highest BCUT2D eigenvalue weighted by molar-refractivity contribution is 7.99. The van der Waals surface area contributed by atoms with Gasteiger partial charge in [0.15, 0.2) is 5.78 Å². The molecule has 29 heavy (non-hydrogen) atoms. The van der Waals surface area contributed by atoms with Crippen LogP contribution in [0.15, 0.2) is 82.6 Å². The van der Waals surface area contributed by atoms with Gasteiger partial charge in [0.05, 0.1) is 16.9 Å². The standard InChI is InChI=1S/C24H18N2O2S/c1-15-8-7-11-18-17(16(2)27)14-21(25(15)18)24(28)26-19-9-3-5-12-22(19)29-23-13-6-4-10-20(23)26/h3-14H,1-2H3. The number of para-hydroxylation sites is 2. The first kappa shape index (κ1) is 17.8. The first-order chi connectivity index (χ1) is 14.1. The molecule has 1 aliphatic heterocycles. The Morgan fingerprint density at radius 3 is 2.07 bits per heavy atom. The van der Waals surface area contributed by atoms with Crippen molar-refractivity contribution in [3.05, 3.63) is 89.7 Å². The first-order valence-corrected chi connectivity index (χ1v) is 10.2. The Kier molecular flexibility index (Phi) is 4.07. The van der Waals surface area contributed by atoms with Crippen LogP contribution in [0.25, 0.3) is 5.52 Å². The largest absolute Gasteiger partial charge is 0.309 e. The van der Waals surface area contributed by atoms with Crippen molar-refractivity contribution < 1.29 is 9.59 Å². The molecule has 3 heterocycles. The Hall–Kier alpha value is -3.31. The van der Waals surface area contributed by atoms with E-state index in [1.807, 2.05) is 78.1 Å². The minimum atomic E-state index is -0.151. The van der Waals surface area contributed by atoms with E-state index in [2.05, 4.69) is 0 Å². The van der Waals surface area contributed by atoms with Crippen molar-refractivity contribution in [2.75, 3.05) is 4.90 Å². The Balaban J connectivity index is 1.77. The van der Waals surface area contributed by atoms with Gasteiger partial charge in [-0.2, -0.15) is 0 Å². The van der Waals surface area contributed by atoms with Crippen LogP contribution in [-0.4, -0.2) is 16.1 Å². The molecule has 4 nitrogen and oxygen atoms in total. The molecule has 0 bridgehead atoms. The fourth-order valence-electron chi connectivity index (χ4n) is 3.90. The highest BCUT2D eigenvalue weighted by atomic mass is 32.2. The highest BCUT2D eigenvalue weighted by Crippen LogP contribution is 2.48. The van der Waals surface area contributed by atoms with E-state index in [1.165, 1.54) is 6.92 Å². The number of ketones is 1. The SMILES string of the molecule is CC(=O)c1cc(C(=O)N2c3ccccc3Sc3ccccc32)n2c(C)cccc12. The van der Waals surface area contributed by atoms with Crippen molar-refractivity contribution >= 4 is 40.3 Å². The van der Waals surface area contributed by atoms with E-state index < -0.39 is 0 Å². The van der Waals surface area contributed by atoms with E-state index >= 15 is 0 Å². The number of Topliss-reactive ketones (excluding diaryl/α,β-unsaturated/α-hetero) is 1. The molecule has 5 rings (SSSR count). The van der Waals surface area contributed by atoms with Crippen LogP contribution in [0.3, 0.4) is 0 Å². The summed E-state index contributed by atoms with van der Waals surface area (Å²) in [7, 11) is 0. The molecule has 5 heteroatoms. The van der Waals surface area contributed by atoms with Gasteiger partial charge in [0.1, 0.15) is 5.69 Å². The summed E-state index contributed by atoms with van der Waals surface area (Å²) in [5.74, 6) is -0.204. The van der Waals surface area contributed by atoms with E-state index in [-0.39, 0.29) is 11.7 Å². The number of amides is 1. The number of nitrogens with zero attached hydrogens (tertiary/aromatic N) is 2. The average molecular weight is 398 g/mol. The average Bonchev–Trinajstić information content (AvgIpc) is 3.13. The van der Waals surface area contributed by atoms with E-state index in [1.54, 1.807) is 22.7 Å². The Morgan fingerprint density at radius 1 is 0.828 bits per heavy atom. The summed E-state index contributed by atoms with van der Waals surface area (Å²) in [4.78, 5) is 30.0. The zero-order valence-electron chi connectivity index (χ0n) is 16.0. The quantitative estimate of drug-likeness (QED) is 0.395. The van der Waals surface area contributed by atoms with Gasteiger partial charge in [-0.25, -0.2) is 0 Å². The predicted molar refractivity (Wildman–Crippen MR) is 116 cm³/mol. The molecule has 0 unspecified atom stereocenters. The topological polar surface area (TPSA) is 41.8 Å². The van der Waals surface area contributed by atoms with Crippen LogP contribution in [0.4, 0.5) is 11.4 Å². The van der Waals surface area contributed by atoms with Crippen molar-refractivity contribution in [3.8, 4) is 0 Å². The van der Waals surface area contributed by atoms with E-state index in [0.717, 1.165) is 32.4 Å². The maximum atomic E-state index is 13.9. The van der Waals surface area contributed by atoms with Gasteiger partial charge in [0, 0.05) is 21.0 Å². The zero-order chi connectivity index (χ0) is 20.1. The molecule has 0 spiro atoms. The van der Waals surface area contributed by atoms with Crippen molar-refractivity contribution in [1.82, 2.24) is 4.40 Å². The maximum absolute atomic E-state index is 13.9. The molecule has 0 saturated carbocycles. The Morgan fingerprint density at radius 2 is 1.45 bits per heavy atom. The molecular formula is C24H18N2O2S. The number of hydrogen-bond acceptors (Lipinski definition) is 3. The van der Waals surface area contributed by atoms with Gasteiger partial charge in [-0.1, -0.05) is 42.1 Å². The molecule has 1 amide bonds. The summed E-state index contributed by atoms with van der Waals surface area (Å²) < 4.78 is 1.88. The van der Waals surface area contributed by atoms with Gasteiger partial charge in [0.25, 0.3) is 5.91 Å². The molecule has 4 aromatic rings. The van der Waals surface area contributed by atoms with Gasteiger partial charge in [-0.05, 0) is 56.3 Å². The smallest absolute Gasteiger partial charge is 0.279 e. The number of aryl methyl sites for hydroxylation is 1. The van der Waals surface area contributed by atoms with E-state index in [9.17, 15) is 9.59 Å². The predicted octanol–water partition coefficient (Wildman–Crippen LogP) is 5.89. The number of carbonyl (C=O) groups excluding carboxylic acids is 2. The third-order valence-electron chi connectivity index (χ3n) is 5.22. The molecule has 0 saturated heterocycles. The van der Waals surface area contributed by atoms with Crippen LogP contribution in [0, 0.1) is 6.92 Å². The van der Waals surface area contributed by atoms with Crippen LogP contribution in [0.2, 0.25) is 0 Å². The van der Waals surface area contributed by atoms with Crippen LogP contribution in [-0.2, 0) is 0 Å². The monoisotopic (exact) mass is 398 g/mol. The zero-order valence-corrected chi connectivity index (χ0v) is 16.9. The Labute approximate surface area is 172 Å². The second kappa shape index (κ2) is 6.64. The lowest BCUT2D eigenvalue weighted by atomic mass is 10.1. The molecule has 0 aliphatic carbocycles. The molecule has 2 aromatic carbocycles. The summed E-state index contributed by atoms with van der Waals surface area (Å²) in [6.07, 6.45) is 0. The fraction of sp³-hybridized carbons (Fsp3) is 0.0833. The van der Waals surface area contributed by atoms with Gasteiger partial charge < -0.3 is 4.40 Å². The first-order valence-electron chi connectivity index (χ1n) is 9.38. The van der Waals surface area contributed by atoms with Crippen molar-refractivity contribution in [1.29, 1.82) is 0 Å². The third kappa shape index (κ3) is 2.69. The summed E-state index contributed by atoms with van der Waals surface area (Å²) in [5.41, 5.74) is 4.42. The van der Waals surface area contributed by atoms with Gasteiger partial charge in [0.2, 0.25) is 0 Å². The van der Waals surface area contributed by atoms with Gasteiger partial charge in [-0.3, -0.25) is 14.5 Å². The Bertz CT molecular complexity index is 1260. The third-order valence-corrected chi connectivity index (χ3v) is 6.35. The van der Waals surface area contributed by atoms with Crippen LogP contribution in [0.5, 0.6) is 0 Å². The lowest BCUT2D eigenvalue weighted by Gasteiger charge is -2.31. The van der Waals surface area contributed by atoms with Crippen molar-refractivity contribution in [2.45, 2.75) is 23.6 Å². The minimum absolute atomic E-state index is 0.0536. The lowest BCUT2D eigenvalue weighted by Crippen LogP contribution is -2.29. The van der Waals surface area contributed by atoms with E-state index in [0.29, 0.717) is 11.3 Å². The molecule has 1 aliphatic rings. The van der Waals surface area contributed by atoms with Crippen molar-refractivity contribution in [3.63, 3.8) is 0 Å². The summed E-state index contributed by atoms with van der Waals surface area (Å²) in [6.45, 7) is 3.48. The van der Waals surface area contributed by atoms with Crippen LogP contribution >= 0.6 is 11.8 Å². The molecule has 0 atom stereocenters. The number of carbonyl (C=O) groups is 2. The highest BCUT2D eigenvalue weighted by Gasteiger charge is 2.31. The summed E-state index contributed by atoms with van der Waals surface area (Å²) in [6, 6.07) is 23.3. The number of pyridine rings is 1. The van der Waals surface area contributed by atoms with Gasteiger partial charge in [-0.15, -0.1) is 0 Å². The van der Waals surface area contributed by atoms with Gasteiger partial charge >= 0.3 is 0 Å². The molecule has 0 fully saturated rings. The summed E-state index contributed by atoms with van der Waals surface area (Å²) >= 11 is 1.66. The molecular weight excluding hydrogens is 380 g/mol. The van der Waals surface area contributed by atoms with E-state index in [4.69, 9.17) is 0 Å². The summed E-state index contributed by atoms with van der Waals surface area (Å²) in [5, 5.41) is 0. The number of rotatable bonds is 2. The fourth-order valence-corrected chi connectivity index (χ4v) is 4.96. The second-order valence-electron chi connectivity index (χ2n) is 7.07. The molecule has 0 radical (unpaired) electrons. The lowest BCUT2D eigenvalue weighted by molar-refractivity contribution is 0.0992. The minimum Gasteiger partial charge on any atom is -0.309 e.